The molecule has 0 atom stereocenters. The van der Waals surface area contributed by atoms with Crippen molar-refractivity contribution < 1.29 is 24.6 Å². The van der Waals surface area contributed by atoms with Gasteiger partial charge in [0.15, 0.2) is 0 Å². The Bertz CT molecular complexity index is 716. The van der Waals surface area contributed by atoms with Gasteiger partial charge in [-0.25, -0.2) is 9.78 Å². The minimum Gasteiger partial charge on any atom is -0.492 e. The van der Waals surface area contributed by atoms with E-state index in [1.54, 1.807) is 18.0 Å². The Labute approximate surface area is 161 Å². The van der Waals surface area contributed by atoms with Gasteiger partial charge in [0.25, 0.3) is 0 Å². The maximum absolute atomic E-state index is 11.7. The van der Waals surface area contributed by atoms with Crippen molar-refractivity contribution in [2.75, 3.05) is 12.3 Å². The number of hydrogen-bond acceptors (Lipinski definition) is 7. The highest BCUT2D eigenvalue weighted by Gasteiger charge is 2.11. The van der Waals surface area contributed by atoms with Crippen LogP contribution < -0.4 is 10.2 Å². The predicted molar refractivity (Wildman–Crippen MR) is 100 cm³/mol. The van der Waals surface area contributed by atoms with E-state index in [1.807, 2.05) is 18.2 Å². The van der Waals surface area contributed by atoms with Crippen LogP contribution >= 0.6 is 11.8 Å². The summed E-state index contributed by atoms with van der Waals surface area (Å²) in [7, 11) is 0. The Morgan fingerprint density at radius 2 is 1.85 bits per heavy atom. The topological polar surface area (TPSA) is 114 Å². The average Bonchev–Trinajstić information content (AvgIpc) is 2.97. The molecule has 0 spiro atoms. The van der Waals surface area contributed by atoms with E-state index in [0.29, 0.717) is 29.9 Å². The van der Waals surface area contributed by atoms with Gasteiger partial charge in [-0.05, 0) is 25.0 Å². The summed E-state index contributed by atoms with van der Waals surface area (Å²) in [6, 6.07) is 8.12. The summed E-state index contributed by atoms with van der Waals surface area (Å²) in [5.74, 6) is -0.563. The average molecular weight is 393 g/mol. The Kier molecular flexibility index (Phi) is 8.50. The minimum atomic E-state index is -0.549. The van der Waals surface area contributed by atoms with E-state index in [4.69, 9.17) is 4.84 Å². The van der Waals surface area contributed by atoms with E-state index in [-0.39, 0.29) is 24.1 Å². The highest BCUT2D eigenvalue weighted by molar-refractivity contribution is 7.99. The number of aromatic nitrogens is 2. The summed E-state index contributed by atoms with van der Waals surface area (Å²) in [6.45, 7) is 0.557. The molecular weight excluding hydrogens is 370 g/mol. The van der Waals surface area contributed by atoms with Crippen LogP contribution in [0.25, 0.3) is 0 Å². The van der Waals surface area contributed by atoms with Gasteiger partial charge < -0.3 is 20.4 Å². The summed E-state index contributed by atoms with van der Waals surface area (Å²) >= 11 is 1.54. The van der Waals surface area contributed by atoms with E-state index in [9.17, 15) is 19.8 Å². The number of rotatable bonds is 11. The first-order valence-corrected chi connectivity index (χ1v) is 9.66. The highest BCUT2D eigenvalue weighted by Crippen LogP contribution is 2.19. The molecule has 0 aliphatic rings. The number of pyridine rings is 1. The molecule has 0 aliphatic carbocycles. The van der Waals surface area contributed by atoms with Crippen LogP contribution in [-0.4, -0.2) is 44.1 Å². The van der Waals surface area contributed by atoms with Crippen LogP contribution in [0.4, 0.5) is 0 Å². The van der Waals surface area contributed by atoms with Crippen molar-refractivity contribution in [3.63, 3.8) is 0 Å². The van der Waals surface area contributed by atoms with Crippen molar-refractivity contribution in [2.24, 2.45) is 0 Å². The molecule has 1 amide bonds. The maximum Gasteiger partial charge on any atom is 0.333 e. The first-order valence-electron chi connectivity index (χ1n) is 8.67. The van der Waals surface area contributed by atoms with Crippen LogP contribution in [0.15, 0.2) is 41.6 Å². The number of unbranched alkanes of at least 4 members (excludes halogenated alkanes) is 2. The number of thioether (sulfide) groups is 1. The lowest BCUT2D eigenvalue weighted by molar-refractivity contribution is -0.145. The maximum atomic E-state index is 11.7. The first kappa shape index (κ1) is 20.6. The third-order valence-electron chi connectivity index (χ3n) is 3.59. The summed E-state index contributed by atoms with van der Waals surface area (Å²) in [5, 5.41) is 22.5. The lowest BCUT2D eigenvalue weighted by Gasteiger charge is -2.07. The Balaban J connectivity index is 1.48. The van der Waals surface area contributed by atoms with Gasteiger partial charge in [0.1, 0.15) is 0 Å². The summed E-state index contributed by atoms with van der Waals surface area (Å²) in [6.07, 6.45) is 4.41. The van der Waals surface area contributed by atoms with Gasteiger partial charge in [-0.3, -0.25) is 4.79 Å². The smallest absolute Gasteiger partial charge is 0.333 e. The fourth-order valence-corrected chi connectivity index (χ4v) is 3.02. The van der Waals surface area contributed by atoms with E-state index in [1.165, 1.54) is 12.1 Å². The molecule has 3 N–H and O–H groups in total. The molecule has 0 saturated carbocycles. The van der Waals surface area contributed by atoms with Crippen molar-refractivity contribution in [1.29, 1.82) is 0 Å². The number of hydrogen-bond donors (Lipinski definition) is 3. The molecule has 8 nitrogen and oxygen atoms in total. The van der Waals surface area contributed by atoms with Gasteiger partial charge in [0.05, 0.1) is 5.03 Å². The molecule has 2 rings (SSSR count). The van der Waals surface area contributed by atoms with Gasteiger partial charge in [-0.15, -0.1) is 16.5 Å². The Morgan fingerprint density at radius 1 is 1.07 bits per heavy atom. The van der Waals surface area contributed by atoms with Gasteiger partial charge in [-0.1, -0.05) is 12.5 Å². The third-order valence-corrected chi connectivity index (χ3v) is 4.53. The summed E-state index contributed by atoms with van der Waals surface area (Å²) in [4.78, 5) is 32.4. The zero-order valence-corrected chi connectivity index (χ0v) is 15.7. The largest absolute Gasteiger partial charge is 0.492 e. The molecule has 0 unspecified atom stereocenters. The molecule has 0 radical (unpaired) electrons. The zero-order valence-electron chi connectivity index (χ0n) is 14.8. The number of aromatic hydroxyl groups is 2. The number of nitrogens with one attached hydrogen (secondary N) is 1. The molecule has 0 fully saturated rings. The number of nitrogens with zero attached hydrogens (tertiary/aromatic N) is 2. The summed E-state index contributed by atoms with van der Waals surface area (Å²) < 4.78 is 0.672. The SMILES string of the molecule is O=C(CCSc1ccccn1)NCCCCCC(=O)On1c(O)ccc1O. The van der Waals surface area contributed by atoms with Crippen molar-refractivity contribution >= 4 is 23.6 Å². The lowest BCUT2D eigenvalue weighted by Crippen LogP contribution is -2.24. The van der Waals surface area contributed by atoms with Crippen molar-refractivity contribution in [3.8, 4) is 11.8 Å². The molecule has 2 aromatic rings. The summed E-state index contributed by atoms with van der Waals surface area (Å²) in [5.41, 5.74) is 0. The van der Waals surface area contributed by atoms with E-state index in [2.05, 4.69) is 10.3 Å². The van der Waals surface area contributed by atoms with Crippen molar-refractivity contribution in [1.82, 2.24) is 15.0 Å². The van der Waals surface area contributed by atoms with E-state index < -0.39 is 5.97 Å². The molecule has 0 bridgehead atoms. The molecule has 146 valence electrons. The Hall–Kier alpha value is -2.68. The molecule has 2 heterocycles. The van der Waals surface area contributed by atoms with Crippen LogP contribution in [0.1, 0.15) is 32.1 Å². The van der Waals surface area contributed by atoms with Crippen molar-refractivity contribution in [3.05, 3.63) is 36.5 Å². The van der Waals surface area contributed by atoms with Gasteiger partial charge in [0.2, 0.25) is 17.7 Å². The normalized spacial score (nSPS) is 10.5. The number of carbonyl (C=O) groups is 2. The fourth-order valence-electron chi connectivity index (χ4n) is 2.21. The predicted octanol–water partition coefficient (Wildman–Crippen LogP) is 2.11. The van der Waals surface area contributed by atoms with E-state index in [0.717, 1.165) is 17.9 Å². The van der Waals surface area contributed by atoms with Crippen LogP contribution in [0.3, 0.4) is 0 Å². The molecule has 0 aliphatic heterocycles. The zero-order chi connectivity index (χ0) is 19.5. The second-order valence-corrected chi connectivity index (χ2v) is 6.85. The second kappa shape index (κ2) is 11.1. The Morgan fingerprint density at radius 3 is 2.56 bits per heavy atom. The van der Waals surface area contributed by atoms with Crippen LogP contribution in [0.2, 0.25) is 0 Å². The molecule has 0 aromatic carbocycles. The number of carbonyl (C=O) groups excluding carboxylic acids is 2. The monoisotopic (exact) mass is 393 g/mol. The lowest BCUT2D eigenvalue weighted by atomic mass is 10.2. The molecule has 0 saturated heterocycles. The fraction of sp³-hybridized carbons (Fsp3) is 0.389. The standard InChI is InChI=1S/C18H23N3O5S/c22-14(10-13-27-15-6-3-5-12-20-15)19-11-4-1-2-7-18(25)26-21-16(23)8-9-17(21)24/h3,5-6,8-9,12,23-24H,1-2,4,7,10-11,13H2,(H,19,22). The minimum absolute atomic E-state index is 0.00333. The molecule has 9 heteroatoms. The van der Waals surface area contributed by atoms with Crippen LogP contribution in [0.5, 0.6) is 11.8 Å². The van der Waals surface area contributed by atoms with Gasteiger partial charge in [0, 0.05) is 43.5 Å². The molecule has 2 aromatic heterocycles. The second-order valence-electron chi connectivity index (χ2n) is 5.73. The molecular formula is C18H23N3O5S. The quantitative estimate of drug-likeness (QED) is 0.396. The third kappa shape index (κ3) is 7.61. The van der Waals surface area contributed by atoms with Gasteiger partial charge in [-0.2, -0.15) is 0 Å². The highest BCUT2D eigenvalue weighted by atomic mass is 32.2. The number of amides is 1. The van der Waals surface area contributed by atoms with Crippen LogP contribution in [-0.2, 0) is 9.59 Å². The first-order chi connectivity index (χ1) is 13.1. The van der Waals surface area contributed by atoms with E-state index >= 15 is 0 Å². The van der Waals surface area contributed by atoms with Crippen molar-refractivity contribution in [2.45, 2.75) is 37.1 Å². The van der Waals surface area contributed by atoms with Crippen LogP contribution in [0, 0.1) is 0 Å². The molecule has 27 heavy (non-hydrogen) atoms. The van der Waals surface area contributed by atoms with Gasteiger partial charge >= 0.3 is 5.97 Å².